The normalized spacial score (nSPS) is 22.7. The van der Waals surface area contributed by atoms with Crippen molar-refractivity contribution >= 4 is 39.9 Å². The molecule has 22 heavy (non-hydrogen) atoms. The molecule has 1 aromatic carbocycles. The van der Waals surface area contributed by atoms with Crippen molar-refractivity contribution in [3.63, 3.8) is 0 Å². The van der Waals surface area contributed by atoms with Crippen LogP contribution in [0.2, 0.25) is 0 Å². The first-order valence-corrected chi connectivity index (χ1v) is 8.95. The van der Waals surface area contributed by atoms with E-state index in [4.69, 9.17) is 12.2 Å². The lowest BCUT2D eigenvalue weighted by atomic mass is 10.1. The highest BCUT2D eigenvalue weighted by molar-refractivity contribution is 8.23. The zero-order chi connectivity index (χ0) is 15.5. The molecule has 0 spiro atoms. The molecular weight excluding hydrogens is 314 g/mol. The SMILES string of the molecule is CN1CCN(C(=S)S[C@@H]2CCc3ccccc3NC2=O)CC1. The molecule has 1 aromatic rings. The molecule has 3 rings (SSSR count). The minimum atomic E-state index is -0.0976. The van der Waals surface area contributed by atoms with Crippen LogP contribution in [0.3, 0.4) is 0 Å². The first-order valence-electron chi connectivity index (χ1n) is 7.66. The lowest BCUT2D eigenvalue weighted by molar-refractivity contribution is -0.115. The number of aryl methyl sites for hydroxylation is 1. The summed E-state index contributed by atoms with van der Waals surface area (Å²) in [6.45, 7) is 3.97. The van der Waals surface area contributed by atoms with Gasteiger partial charge in [-0.2, -0.15) is 0 Å². The van der Waals surface area contributed by atoms with Gasteiger partial charge in [-0.15, -0.1) is 0 Å². The lowest BCUT2D eigenvalue weighted by Gasteiger charge is -2.34. The first kappa shape index (κ1) is 15.8. The van der Waals surface area contributed by atoms with Gasteiger partial charge in [0.2, 0.25) is 5.91 Å². The molecule has 1 fully saturated rings. The Bertz CT molecular complexity index is 570. The van der Waals surface area contributed by atoms with Crippen LogP contribution < -0.4 is 5.32 Å². The number of hydrogen-bond donors (Lipinski definition) is 1. The number of carbonyl (C=O) groups excluding carboxylic acids is 1. The van der Waals surface area contributed by atoms with Gasteiger partial charge in [0, 0.05) is 31.9 Å². The van der Waals surface area contributed by atoms with Crippen molar-refractivity contribution in [2.24, 2.45) is 0 Å². The number of para-hydroxylation sites is 1. The molecule has 0 bridgehead atoms. The molecule has 0 aliphatic carbocycles. The Hall–Kier alpha value is -1.11. The van der Waals surface area contributed by atoms with Crippen LogP contribution in [0.4, 0.5) is 5.69 Å². The summed E-state index contributed by atoms with van der Waals surface area (Å²) in [5.74, 6) is 0.0754. The van der Waals surface area contributed by atoms with Gasteiger partial charge in [-0.25, -0.2) is 0 Å². The molecule has 1 atom stereocenters. The van der Waals surface area contributed by atoms with Crippen molar-refractivity contribution < 1.29 is 4.79 Å². The van der Waals surface area contributed by atoms with Gasteiger partial charge in [0.25, 0.3) is 0 Å². The minimum Gasteiger partial charge on any atom is -0.355 e. The summed E-state index contributed by atoms with van der Waals surface area (Å²) >= 11 is 7.11. The molecule has 0 aromatic heterocycles. The van der Waals surface area contributed by atoms with Crippen LogP contribution in [0.1, 0.15) is 12.0 Å². The Labute approximate surface area is 141 Å². The van der Waals surface area contributed by atoms with E-state index in [0.29, 0.717) is 0 Å². The van der Waals surface area contributed by atoms with Crippen LogP contribution in [-0.2, 0) is 11.2 Å². The summed E-state index contributed by atoms with van der Waals surface area (Å²) in [4.78, 5) is 17.0. The molecule has 1 amide bonds. The van der Waals surface area contributed by atoms with Crippen molar-refractivity contribution in [1.29, 1.82) is 0 Å². The smallest absolute Gasteiger partial charge is 0.237 e. The second kappa shape index (κ2) is 6.98. The Morgan fingerprint density at radius 3 is 2.77 bits per heavy atom. The number of hydrogen-bond acceptors (Lipinski definition) is 4. The fraction of sp³-hybridized carbons (Fsp3) is 0.500. The summed E-state index contributed by atoms with van der Waals surface area (Å²) in [5, 5.41) is 2.94. The molecule has 118 valence electrons. The third kappa shape index (κ3) is 3.62. The highest BCUT2D eigenvalue weighted by atomic mass is 32.2. The number of likely N-dealkylation sites (N-methyl/N-ethyl adjacent to an activating group) is 1. The van der Waals surface area contributed by atoms with E-state index in [1.54, 1.807) is 11.8 Å². The second-order valence-corrected chi connectivity index (χ2v) is 7.68. The molecule has 1 saturated heterocycles. The summed E-state index contributed by atoms with van der Waals surface area (Å²) in [6.07, 6.45) is 1.75. The maximum atomic E-state index is 12.4. The minimum absolute atomic E-state index is 0.0754. The quantitative estimate of drug-likeness (QED) is 0.796. The number of nitrogens with zero attached hydrogens (tertiary/aromatic N) is 2. The molecule has 2 heterocycles. The Kier molecular flexibility index (Phi) is 5.00. The topological polar surface area (TPSA) is 35.6 Å². The number of carbonyl (C=O) groups is 1. The summed E-state index contributed by atoms with van der Waals surface area (Å²) < 4.78 is 0.860. The van der Waals surface area contributed by atoms with Gasteiger partial charge in [-0.05, 0) is 31.5 Å². The number of nitrogens with one attached hydrogen (secondary N) is 1. The summed E-state index contributed by atoms with van der Waals surface area (Å²) in [6, 6.07) is 8.04. The van der Waals surface area contributed by atoms with Crippen LogP contribution in [0.5, 0.6) is 0 Å². The molecule has 1 N–H and O–H groups in total. The van der Waals surface area contributed by atoms with Gasteiger partial charge in [-0.3, -0.25) is 4.79 Å². The van der Waals surface area contributed by atoms with Crippen molar-refractivity contribution in [2.75, 3.05) is 38.5 Å². The van der Waals surface area contributed by atoms with Gasteiger partial charge in [0.1, 0.15) is 4.32 Å². The third-order valence-corrected chi connectivity index (χ3v) is 5.99. The number of thioether (sulfide) groups is 1. The average Bonchev–Trinajstić information content (AvgIpc) is 2.67. The zero-order valence-corrected chi connectivity index (χ0v) is 14.4. The molecule has 2 aliphatic heterocycles. The number of rotatable bonds is 1. The maximum Gasteiger partial charge on any atom is 0.237 e. The predicted octanol–water partition coefficient (Wildman–Crippen LogP) is 2.21. The second-order valence-electron chi connectivity index (χ2n) is 5.85. The molecule has 2 aliphatic rings. The number of piperazine rings is 1. The molecule has 0 unspecified atom stereocenters. The van der Waals surface area contributed by atoms with Crippen LogP contribution in [0.25, 0.3) is 0 Å². The monoisotopic (exact) mass is 335 g/mol. The van der Waals surface area contributed by atoms with E-state index in [9.17, 15) is 4.79 Å². The molecule has 4 nitrogen and oxygen atoms in total. The average molecular weight is 335 g/mol. The maximum absolute atomic E-state index is 12.4. The van der Waals surface area contributed by atoms with Crippen LogP contribution in [0.15, 0.2) is 24.3 Å². The highest BCUT2D eigenvalue weighted by Crippen LogP contribution is 2.28. The lowest BCUT2D eigenvalue weighted by Crippen LogP contribution is -2.46. The number of anilines is 1. The van der Waals surface area contributed by atoms with Gasteiger partial charge in [-0.1, -0.05) is 42.2 Å². The van der Waals surface area contributed by atoms with Crippen molar-refractivity contribution in [3.8, 4) is 0 Å². The zero-order valence-electron chi connectivity index (χ0n) is 12.7. The Morgan fingerprint density at radius 2 is 2.00 bits per heavy atom. The number of amides is 1. The van der Waals surface area contributed by atoms with Crippen LogP contribution >= 0.6 is 24.0 Å². The van der Waals surface area contributed by atoms with E-state index >= 15 is 0 Å². The first-order chi connectivity index (χ1) is 10.6. The number of fused-ring (bicyclic) bond motifs is 1. The fourth-order valence-corrected chi connectivity index (χ4v) is 4.30. The van der Waals surface area contributed by atoms with Gasteiger partial charge < -0.3 is 15.1 Å². The van der Waals surface area contributed by atoms with E-state index < -0.39 is 0 Å². The number of benzene rings is 1. The molecular formula is C16H21N3OS2. The van der Waals surface area contributed by atoms with Gasteiger partial charge >= 0.3 is 0 Å². The van der Waals surface area contributed by atoms with E-state index in [2.05, 4.69) is 28.2 Å². The van der Waals surface area contributed by atoms with Crippen molar-refractivity contribution in [3.05, 3.63) is 29.8 Å². The van der Waals surface area contributed by atoms with E-state index in [1.807, 2.05) is 18.2 Å². The highest BCUT2D eigenvalue weighted by Gasteiger charge is 2.27. The van der Waals surface area contributed by atoms with Crippen molar-refractivity contribution in [2.45, 2.75) is 18.1 Å². The van der Waals surface area contributed by atoms with Gasteiger partial charge in [0.15, 0.2) is 0 Å². The van der Waals surface area contributed by atoms with Crippen molar-refractivity contribution in [1.82, 2.24) is 9.80 Å². The molecule has 6 heteroatoms. The predicted molar refractivity (Wildman–Crippen MR) is 96.4 cm³/mol. The standard InChI is InChI=1S/C16H21N3OS2/c1-18-8-10-19(11-9-18)16(21)22-14-7-6-12-4-2-3-5-13(12)17-15(14)20/h2-5,14H,6-11H2,1H3,(H,17,20)/t14-/m1/s1. The van der Waals surface area contributed by atoms with E-state index in [0.717, 1.165) is 49.0 Å². The molecule has 0 radical (unpaired) electrons. The van der Waals surface area contributed by atoms with E-state index in [-0.39, 0.29) is 11.2 Å². The third-order valence-electron chi connectivity index (χ3n) is 4.25. The summed E-state index contributed by atoms with van der Waals surface area (Å²) in [5.41, 5.74) is 2.16. The molecule has 0 saturated carbocycles. The van der Waals surface area contributed by atoms with E-state index in [1.165, 1.54) is 5.56 Å². The fourth-order valence-electron chi connectivity index (χ4n) is 2.79. The Morgan fingerprint density at radius 1 is 1.27 bits per heavy atom. The van der Waals surface area contributed by atoms with Crippen LogP contribution in [-0.4, -0.2) is 58.5 Å². The van der Waals surface area contributed by atoms with Gasteiger partial charge in [0.05, 0.1) is 5.25 Å². The Balaban J connectivity index is 1.61. The van der Waals surface area contributed by atoms with Crippen LogP contribution in [0, 0.1) is 0 Å². The summed E-state index contributed by atoms with van der Waals surface area (Å²) in [7, 11) is 2.13. The number of thiocarbonyl (C=S) groups is 1. The largest absolute Gasteiger partial charge is 0.355 e.